The van der Waals surface area contributed by atoms with Crippen LogP contribution in [-0.2, 0) is 4.74 Å². The fraction of sp³-hybridized carbons (Fsp3) is 0.562. The molecule has 1 aliphatic rings. The van der Waals surface area contributed by atoms with Gasteiger partial charge in [0, 0.05) is 6.04 Å². The van der Waals surface area contributed by atoms with E-state index in [0.717, 1.165) is 6.42 Å². The fourth-order valence-corrected chi connectivity index (χ4v) is 3.13. The van der Waals surface area contributed by atoms with Gasteiger partial charge in [-0.3, -0.25) is 4.57 Å². The Bertz CT molecular complexity index is 752. The minimum atomic E-state index is -1.07. The maximum atomic E-state index is 10.4. The Labute approximate surface area is 150 Å². The summed E-state index contributed by atoms with van der Waals surface area (Å²) in [5.74, 6) is 0.544. The van der Waals surface area contributed by atoms with Crippen molar-refractivity contribution < 1.29 is 14.9 Å². The minimum Gasteiger partial charge on any atom is -0.388 e. The lowest BCUT2D eigenvalue weighted by atomic mass is 10.1. The molecule has 1 aromatic carbocycles. The Morgan fingerprint density at radius 3 is 2.54 bits per heavy atom. The molecule has 0 radical (unpaired) electrons. The van der Waals surface area contributed by atoms with Crippen molar-refractivity contribution in [2.24, 2.45) is 0 Å². The maximum absolute atomic E-state index is 10.4. The molecule has 0 unspecified atom stereocenters. The zero-order chi connectivity index (χ0) is 17.6. The number of hydrogen-bond donors (Lipinski definition) is 3. The van der Waals surface area contributed by atoms with Gasteiger partial charge in [0.15, 0.2) is 6.23 Å². The van der Waals surface area contributed by atoms with Gasteiger partial charge in [0.25, 0.3) is 0 Å². The summed E-state index contributed by atoms with van der Waals surface area (Å²) in [5.41, 5.74) is 1.32. The molecule has 1 aromatic heterocycles. The van der Waals surface area contributed by atoms with Gasteiger partial charge in [0.05, 0.1) is 27.2 Å². The van der Waals surface area contributed by atoms with E-state index in [1.807, 2.05) is 6.92 Å². The number of imidazole rings is 1. The van der Waals surface area contributed by atoms with Crippen molar-refractivity contribution >= 4 is 40.2 Å². The van der Waals surface area contributed by atoms with Crippen molar-refractivity contribution in [3.8, 4) is 0 Å². The highest BCUT2D eigenvalue weighted by molar-refractivity contribution is 6.42. The third-order valence-corrected chi connectivity index (χ3v) is 5.17. The predicted octanol–water partition coefficient (Wildman–Crippen LogP) is 3.19. The lowest BCUT2D eigenvalue weighted by Crippen LogP contribution is -2.31. The molecule has 0 bridgehead atoms. The number of aliphatic hydroxyl groups is 2. The first-order chi connectivity index (χ1) is 11.3. The van der Waals surface area contributed by atoms with Gasteiger partial charge in [0.2, 0.25) is 5.95 Å². The predicted molar refractivity (Wildman–Crippen MR) is 94.7 cm³/mol. The van der Waals surface area contributed by atoms with E-state index in [0.29, 0.717) is 27.0 Å². The third kappa shape index (κ3) is 2.97. The van der Waals surface area contributed by atoms with E-state index in [1.54, 1.807) is 23.6 Å². The molecule has 8 heteroatoms. The molecule has 1 fully saturated rings. The zero-order valence-corrected chi connectivity index (χ0v) is 15.2. The van der Waals surface area contributed by atoms with Crippen LogP contribution in [0.1, 0.15) is 33.4 Å². The Hall–Kier alpha value is -1.05. The second kappa shape index (κ2) is 6.69. The van der Waals surface area contributed by atoms with E-state index in [4.69, 9.17) is 27.9 Å². The summed E-state index contributed by atoms with van der Waals surface area (Å²) in [6, 6.07) is 3.55. The van der Waals surface area contributed by atoms with E-state index in [9.17, 15) is 10.2 Å². The maximum Gasteiger partial charge on any atom is 0.206 e. The van der Waals surface area contributed by atoms with Crippen LogP contribution < -0.4 is 5.32 Å². The summed E-state index contributed by atoms with van der Waals surface area (Å²) in [6.45, 7) is 5.82. The molecule has 3 N–H and O–H groups in total. The number of fused-ring (bicyclic) bond motifs is 1. The van der Waals surface area contributed by atoms with Gasteiger partial charge >= 0.3 is 0 Å². The standard InChI is InChI=1S/C16H21Cl2N3O3/c1-4-7(2)19-16-20-11-5-9(17)10(18)6-12(11)21(16)15-14(23)13(22)8(3)24-15/h5-8,13-15,22-23H,4H2,1-3H3,(H,19,20)/t7-,8+,13+,14+,15+/m0/s1. The van der Waals surface area contributed by atoms with Crippen LogP contribution in [0, 0.1) is 0 Å². The first kappa shape index (κ1) is 17.8. The average Bonchev–Trinajstić information content (AvgIpc) is 2.99. The molecule has 2 aromatic rings. The Morgan fingerprint density at radius 1 is 1.29 bits per heavy atom. The number of nitrogens with one attached hydrogen (secondary N) is 1. The topological polar surface area (TPSA) is 79.5 Å². The summed E-state index contributed by atoms with van der Waals surface area (Å²) >= 11 is 12.3. The van der Waals surface area contributed by atoms with Crippen molar-refractivity contribution in [3.05, 3.63) is 22.2 Å². The Balaban J connectivity index is 2.15. The molecule has 0 saturated carbocycles. The lowest BCUT2D eigenvalue weighted by Gasteiger charge is -2.22. The highest BCUT2D eigenvalue weighted by Gasteiger charge is 2.42. The second-order valence-corrected chi connectivity index (χ2v) is 7.04. The van der Waals surface area contributed by atoms with E-state index in [2.05, 4.69) is 17.2 Å². The summed E-state index contributed by atoms with van der Waals surface area (Å²) in [6.07, 6.45) is -2.38. The van der Waals surface area contributed by atoms with Crippen LogP contribution in [0.4, 0.5) is 5.95 Å². The number of ether oxygens (including phenoxy) is 1. The van der Waals surface area contributed by atoms with Crippen LogP contribution in [0.5, 0.6) is 0 Å². The quantitative estimate of drug-likeness (QED) is 0.766. The Morgan fingerprint density at radius 2 is 1.96 bits per heavy atom. The van der Waals surface area contributed by atoms with Crippen LogP contribution >= 0.6 is 23.2 Å². The van der Waals surface area contributed by atoms with Gasteiger partial charge in [-0.05, 0) is 32.4 Å². The molecule has 0 aliphatic carbocycles. The molecule has 1 saturated heterocycles. The highest BCUT2D eigenvalue weighted by Crippen LogP contribution is 2.37. The number of halogens is 2. The smallest absolute Gasteiger partial charge is 0.206 e. The molecule has 0 amide bonds. The van der Waals surface area contributed by atoms with Crippen LogP contribution in [0.15, 0.2) is 12.1 Å². The van der Waals surface area contributed by atoms with Gasteiger partial charge in [-0.15, -0.1) is 0 Å². The molecule has 5 atom stereocenters. The third-order valence-electron chi connectivity index (χ3n) is 4.45. The molecule has 24 heavy (non-hydrogen) atoms. The largest absolute Gasteiger partial charge is 0.388 e. The Kier molecular flexibility index (Phi) is 4.95. The second-order valence-electron chi connectivity index (χ2n) is 6.23. The molecule has 2 heterocycles. The van der Waals surface area contributed by atoms with E-state index in [-0.39, 0.29) is 6.04 Å². The SMILES string of the molecule is CC[C@H](C)Nc1nc2cc(Cl)c(Cl)cc2n1[C@@H]1O[C@H](C)[C@@H](O)[C@H]1O. The summed E-state index contributed by atoms with van der Waals surface area (Å²) in [4.78, 5) is 4.57. The molecule has 132 valence electrons. The number of anilines is 1. The van der Waals surface area contributed by atoms with E-state index < -0.39 is 24.5 Å². The number of hydrogen-bond acceptors (Lipinski definition) is 5. The minimum absolute atomic E-state index is 0.174. The van der Waals surface area contributed by atoms with Crippen molar-refractivity contribution in [1.82, 2.24) is 9.55 Å². The molecule has 6 nitrogen and oxygen atoms in total. The van der Waals surface area contributed by atoms with Crippen LogP contribution in [0.3, 0.4) is 0 Å². The van der Waals surface area contributed by atoms with Crippen LogP contribution in [0.2, 0.25) is 10.0 Å². The van der Waals surface area contributed by atoms with Crippen molar-refractivity contribution in [2.45, 2.75) is 57.8 Å². The highest BCUT2D eigenvalue weighted by atomic mass is 35.5. The normalized spacial score (nSPS) is 28.5. The van der Waals surface area contributed by atoms with Gasteiger partial charge in [0.1, 0.15) is 12.2 Å². The number of benzene rings is 1. The van der Waals surface area contributed by atoms with Crippen molar-refractivity contribution in [1.29, 1.82) is 0 Å². The van der Waals surface area contributed by atoms with Gasteiger partial charge in [-0.1, -0.05) is 30.1 Å². The summed E-state index contributed by atoms with van der Waals surface area (Å²) in [5, 5.41) is 24.5. The first-order valence-corrected chi connectivity index (χ1v) is 8.74. The van der Waals surface area contributed by atoms with Crippen LogP contribution in [-0.4, -0.2) is 44.1 Å². The number of aromatic nitrogens is 2. The molecular weight excluding hydrogens is 353 g/mol. The van der Waals surface area contributed by atoms with Gasteiger partial charge in [-0.25, -0.2) is 4.98 Å². The molecular formula is C16H21Cl2N3O3. The van der Waals surface area contributed by atoms with Gasteiger partial charge in [-0.2, -0.15) is 0 Å². The summed E-state index contributed by atoms with van der Waals surface area (Å²) < 4.78 is 7.51. The molecule has 3 rings (SSSR count). The number of aliphatic hydroxyl groups excluding tert-OH is 2. The zero-order valence-electron chi connectivity index (χ0n) is 13.7. The number of rotatable bonds is 4. The van der Waals surface area contributed by atoms with Crippen LogP contribution in [0.25, 0.3) is 11.0 Å². The molecule has 1 aliphatic heterocycles. The molecule has 0 spiro atoms. The van der Waals surface area contributed by atoms with Crippen molar-refractivity contribution in [2.75, 3.05) is 5.32 Å². The lowest BCUT2D eigenvalue weighted by molar-refractivity contribution is -0.0284. The van der Waals surface area contributed by atoms with E-state index >= 15 is 0 Å². The van der Waals surface area contributed by atoms with E-state index in [1.165, 1.54) is 0 Å². The average molecular weight is 374 g/mol. The van der Waals surface area contributed by atoms with Crippen molar-refractivity contribution in [3.63, 3.8) is 0 Å². The summed E-state index contributed by atoms with van der Waals surface area (Å²) in [7, 11) is 0. The number of nitrogens with zero attached hydrogens (tertiary/aromatic N) is 2. The first-order valence-electron chi connectivity index (χ1n) is 7.98. The fourth-order valence-electron chi connectivity index (χ4n) is 2.81. The van der Waals surface area contributed by atoms with Gasteiger partial charge < -0.3 is 20.3 Å². The monoisotopic (exact) mass is 373 g/mol.